The molecule has 0 fully saturated rings. The Balaban J connectivity index is 2.25. The van der Waals surface area contributed by atoms with Gasteiger partial charge in [-0.2, -0.15) is 0 Å². The molecule has 0 saturated carbocycles. The van der Waals surface area contributed by atoms with E-state index in [9.17, 15) is 14.7 Å². The zero-order valence-electron chi connectivity index (χ0n) is 12.0. The predicted octanol–water partition coefficient (Wildman–Crippen LogP) is 2.60. The molecule has 2 rings (SSSR count). The number of aliphatic carboxylic acids is 1. The lowest BCUT2D eigenvalue weighted by molar-refractivity contribution is -0.142. The summed E-state index contributed by atoms with van der Waals surface area (Å²) in [6.07, 6.45) is 1.20. The van der Waals surface area contributed by atoms with Crippen LogP contribution >= 0.6 is 0 Å². The lowest BCUT2D eigenvalue weighted by atomic mass is 9.84. The molecule has 0 unspecified atom stereocenters. The van der Waals surface area contributed by atoms with Gasteiger partial charge in [-0.3, -0.25) is 9.59 Å². The number of amides is 1. The number of aromatic nitrogens is 1. The van der Waals surface area contributed by atoms with Gasteiger partial charge in [0.25, 0.3) is 5.91 Å². The molecule has 2 N–H and O–H groups in total. The maximum Gasteiger partial charge on any atom is 0.313 e. The average Bonchev–Trinajstić information content (AvgIpc) is 2.85. The van der Waals surface area contributed by atoms with Crippen molar-refractivity contribution < 1.29 is 19.1 Å². The average molecular weight is 288 g/mol. The molecule has 2 aromatic rings. The van der Waals surface area contributed by atoms with Crippen molar-refractivity contribution in [2.45, 2.75) is 26.2 Å². The molecule has 0 aliphatic heterocycles. The van der Waals surface area contributed by atoms with Crippen LogP contribution in [0.2, 0.25) is 0 Å². The fraction of sp³-hybridized carbons (Fsp3) is 0.267. The first-order chi connectivity index (χ1) is 9.82. The fourth-order valence-electron chi connectivity index (χ4n) is 1.82. The van der Waals surface area contributed by atoms with Gasteiger partial charge >= 0.3 is 5.97 Å². The molecule has 0 saturated heterocycles. The maximum absolute atomic E-state index is 12.0. The van der Waals surface area contributed by atoms with E-state index in [0.717, 1.165) is 0 Å². The van der Waals surface area contributed by atoms with Gasteiger partial charge in [0.2, 0.25) is 5.76 Å². The van der Waals surface area contributed by atoms with Crippen molar-refractivity contribution >= 4 is 17.6 Å². The predicted molar refractivity (Wildman–Crippen MR) is 76.3 cm³/mol. The molecule has 0 aliphatic carbocycles. The Bertz CT molecular complexity index is 688. The second-order valence-corrected chi connectivity index (χ2v) is 5.23. The van der Waals surface area contributed by atoms with Crippen LogP contribution in [-0.4, -0.2) is 22.0 Å². The zero-order valence-corrected chi connectivity index (χ0v) is 12.0. The molecule has 0 bridgehead atoms. The molecule has 0 atom stereocenters. The minimum atomic E-state index is -1.04. The van der Waals surface area contributed by atoms with Gasteiger partial charge in [0.1, 0.15) is 0 Å². The van der Waals surface area contributed by atoms with Gasteiger partial charge in [0, 0.05) is 5.69 Å². The molecule has 110 valence electrons. The molecule has 6 heteroatoms. The van der Waals surface area contributed by atoms with Crippen molar-refractivity contribution in [3.05, 3.63) is 47.7 Å². The van der Waals surface area contributed by atoms with E-state index in [1.54, 1.807) is 45.0 Å². The molecule has 1 amide bonds. The van der Waals surface area contributed by atoms with Crippen LogP contribution in [0, 0.1) is 6.92 Å². The Morgan fingerprint density at radius 1 is 1.33 bits per heavy atom. The first-order valence-electron chi connectivity index (χ1n) is 6.37. The highest BCUT2D eigenvalue weighted by atomic mass is 16.4. The summed E-state index contributed by atoms with van der Waals surface area (Å²) in [5.41, 5.74) is 0.558. The number of benzene rings is 1. The van der Waals surface area contributed by atoms with Crippen LogP contribution < -0.4 is 5.32 Å². The smallest absolute Gasteiger partial charge is 0.313 e. The van der Waals surface area contributed by atoms with Crippen LogP contribution in [0.15, 0.2) is 35.1 Å². The van der Waals surface area contributed by atoms with E-state index < -0.39 is 17.3 Å². The lowest BCUT2D eigenvalue weighted by Crippen LogP contribution is -2.28. The number of hydrogen-bond donors (Lipinski definition) is 2. The summed E-state index contributed by atoms with van der Waals surface area (Å²) in [4.78, 5) is 27.2. The van der Waals surface area contributed by atoms with E-state index in [1.807, 2.05) is 0 Å². The molecule has 0 spiro atoms. The molecule has 1 aromatic heterocycles. The van der Waals surface area contributed by atoms with Gasteiger partial charge in [-0.05, 0) is 38.5 Å². The van der Waals surface area contributed by atoms with E-state index in [1.165, 1.54) is 6.39 Å². The highest BCUT2D eigenvalue weighted by Crippen LogP contribution is 2.26. The van der Waals surface area contributed by atoms with E-state index in [4.69, 9.17) is 4.42 Å². The van der Waals surface area contributed by atoms with Crippen molar-refractivity contribution in [3.8, 4) is 0 Å². The molecule has 21 heavy (non-hydrogen) atoms. The molecule has 1 heterocycles. The number of oxazole rings is 1. The summed E-state index contributed by atoms with van der Waals surface area (Å²) >= 11 is 0. The fourth-order valence-corrected chi connectivity index (χ4v) is 1.82. The summed E-state index contributed by atoms with van der Waals surface area (Å²) in [5, 5.41) is 11.9. The number of aryl methyl sites for hydroxylation is 1. The minimum Gasteiger partial charge on any atom is -0.481 e. The number of carboxylic acids is 1. The Kier molecular flexibility index (Phi) is 3.80. The molecule has 0 radical (unpaired) electrons. The summed E-state index contributed by atoms with van der Waals surface area (Å²) in [5.74, 6) is -1.22. The largest absolute Gasteiger partial charge is 0.481 e. The first kappa shape index (κ1) is 14.8. The number of nitrogens with zero attached hydrogens (tertiary/aromatic N) is 1. The maximum atomic E-state index is 12.0. The first-order valence-corrected chi connectivity index (χ1v) is 6.37. The van der Waals surface area contributed by atoms with E-state index in [-0.39, 0.29) is 5.76 Å². The lowest BCUT2D eigenvalue weighted by Gasteiger charge is -2.20. The van der Waals surface area contributed by atoms with Crippen LogP contribution in [0.1, 0.15) is 35.7 Å². The Morgan fingerprint density at radius 2 is 2.05 bits per heavy atom. The third-order valence-electron chi connectivity index (χ3n) is 3.33. The number of carbonyl (C=O) groups excluding carboxylic acids is 1. The minimum absolute atomic E-state index is 0.137. The van der Waals surface area contributed by atoms with Crippen LogP contribution in [0.4, 0.5) is 5.69 Å². The van der Waals surface area contributed by atoms with Crippen molar-refractivity contribution in [1.29, 1.82) is 0 Å². The Labute approximate surface area is 121 Å². The van der Waals surface area contributed by atoms with Gasteiger partial charge in [-0.15, -0.1) is 0 Å². The number of hydrogen-bond acceptors (Lipinski definition) is 4. The highest BCUT2D eigenvalue weighted by molar-refractivity contribution is 6.03. The molecule has 6 nitrogen and oxygen atoms in total. The number of rotatable bonds is 4. The normalized spacial score (nSPS) is 11.2. The van der Waals surface area contributed by atoms with Crippen LogP contribution in [0.25, 0.3) is 0 Å². The Morgan fingerprint density at radius 3 is 2.62 bits per heavy atom. The quantitative estimate of drug-likeness (QED) is 0.902. The van der Waals surface area contributed by atoms with Crippen molar-refractivity contribution in [1.82, 2.24) is 4.98 Å². The number of carboxylic acid groups (broad SMARTS) is 1. The second-order valence-electron chi connectivity index (χ2n) is 5.23. The van der Waals surface area contributed by atoms with Gasteiger partial charge in [0.15, 0.2) is 6.39 Å². The molecule has 1 aromatic carbocycles. The van der Waals surface area contributed by atoms with Crippen molar-refractivity contribution in [3.63, 3.8) is 0 Å². The zero-order chi connectivity index (χ0) is 15.6. The van der Waals surface area contributed by atoms with E-state index >= 15 is 0 Å². The van der Waals surface area contributed by atoms with Gasteiger partial charge in [-0.25, -0.2) is 4.98 Å². The summed E-state index contributed by atoms with van der Waals surface area (Å²) < 4.78 is 5.02. The van der Waals surface area contributed by atoms with E-state index in [2.05, 4.69) is 10.3 Å². The third kappa shape index (κ3) is 2.94. The second kappa shape index (κ2) is 5.40. The van der Waals surface area contributed by atoms with E-state index in [0.29, 0.717) is 16.9 Å². The summed E-state index contributed by atoms with van der Waals surface area (Å²) in [6.45, 7) is 4.89. The summed E-state index contributed by atoms with van der Waals surface area (Å²) in [6, 6.07) is 6.73. The number of nitrogens with one attached hydrogen (secondary N) is 1. The number of carbonyl (C=O) groups is 2. The standard InChI is InChI=1S/C15H16N2O4/c1-9-12(21-8-16-9)13(18)17-11-6-4-5-10(7-11)15(2,3)14(19)20/h4-8H,1-3H3,(H,17,18)(H,19,20). The van der Waals surface area contributed by atoms with Crippen molar-refractivity contribution in [2.75, 3.05) is 5.32 Å². The van der Waals surface area contributed by atoms with Crippen molar-refractivity contribution in [2.24, 2.45) is 0 Å². The SMILES string of the molecule is Cc1ncoc1C(=O)Nc1cccc(C(C)(C)C(=O)O)c1. The van der Waals surface area contributed by atoms with Crippen LogP contribution in [0.3, 0.4) is 0 Å². The monoisotopic (exact) mass is 288 g/mol. The Hall–Kier alpha value is -2.63. The van der Waals surface area contributed by atoms with Gasteiger partial charge in [0.05, 0.1) is 11.1 Å². The molecular formula is C15H16N2O4. The van der Waals surface area contributed by atoms with Gasteiger partial charge < -0.3 is 14.8 Å². The topological polar surface area (TPSA) is 92.4 Å². The number of anilines is 1. The van der Waals surface area contributed by atoms with Crippen LogP contribution in [0.5, 0.6) is 0 Å². The molecule has 0 aliphatic rings. The van der Waals surface area contributed by atoms with Gasteiger partial charge in [-0.1, -0.05) is 12.1 Å². The third-order valence-corrected chi connectivity index (χ3v) is 3.33. The van der Waals surface area contributed by atoms with Crippen LogP contribution in [-0.2, 0) is 10.2 Å². The highest BCUT2D eigenvalue weighted by Gasteiger charge is 2.29. The molecular weight excluding hydrogens is 272 g/mol. The summed E-state index contributed by atoms with van der Waals surface area (Å²) in [7, 11) is 0.